The number of nitrogens with zero attached hydrogens (tertiary/aromatic N) is 2. The normalized spacial score (nSPS) is 11.7. The van der Waals surface area contributed by atoms with E-state index in [1.165, 1.54) is 0 Å². The van der Waals surface area contributed by atoms with Crippen molar-refractivity contribution in [2.24, 2.45) is 5.92 Å². The van der Waals surface area contributed by atoms with E-state index in [-0.39, 0.29) is 18.4 Å². The number of hydrogen-bond acceptors (Lipinski definition) is 5. The Bertz CT molecular complexity index is 1200. The smallest absolute Gasteiger partial charge is 0.329 e. The van der Waals surface area contributed by atoms with Crippen molar-refractivity contribution in [3.05, 3.63) is 88.2 Å². The maximum Gasteiger partial charge on any atom is 0.329 e. The van der Waals surface area contributed by atoms with E-state index in [9.17, 15) is 14.4 Å². The summed E-state index contributed by atoms with van der Waals surface area (Å²) >= 11 is 0. The van der Waals surface area contributed by atoms with E-state index in [1.807, 2.05) is 67.9 Å². The molecular weight excluding hydrogens is 456 g/mol. The van der Waals surface area contributed by atoms with E-state index in [4.69, 9.17) is 4.74 Å². The number of carbonyl (C=O) groups excluding carboxylic acids is 3. The summed E-state index contributed by atoms with van der Waals surface area (Å²) in [5, 5.41) is 10.1. The third-order valence-corrected chi connectivity index (χ3v) is 6.04. The van der Waals surface area contributed by atoms with Gasteiger partial charge in [0, 0.05) is 23.4 Å². The van der Waals surface area contributed by atoms with E-state index in [0.29, 0.717) is 12.1 Å². The maximum absolute atomic E-state index is 12.6. The second kappa shape index (κ2) is 12.2. The van der Waals surface area contributed by atoms with Gasteiger partial charge in [0.15, 0.2) is 6.61 Å². The van der Waals surface area contributed by atoms with Gasteiger partial charge in [0.25, 0.3) is 11.8 Å². The molecule has 36 heavy (non-hydrogen) atoms. The third-order valence-electron chi connectivity index (χ3n) is 6.04. The molecule has 0 spiro atoms. The van der Waals surface area contributed by atoms with Crippen LogP contribution in [0.1, 0.15) is 52.3 Å². The molecule has 3 aromatic rings. The van der Waals surface area contributed by atoms with Gasteiger partial charge in [-0.25, -0.2) is 4.79 Å². The number of aryl methyl sites for hydroxylation is 2. The monoisotopic (exact) mass is 490 g/mol. The Balaban J connectivity index is 1.52. The van der Waals surface area contributed by atoms with Gasteiger partial charge in [0.05, 0.1) is 12.2 Å². The molecule has 1 aromatic heterocycles. The molecule has 1 atom stereocenters. The van der Waals surface area contributed by atoms with Crippen LogP contribution < -0.4 is 10.6 Å². The molecule has 8 heteroatoms. The summed E-state index contributed by atoms with van der Waals surface area (Å²) in [5.74, 6) is -1.65. The molecule has 2 N–H and O–H groups in total. The zero-order valence-corrected chi connectivity index (χ0v) is 21.5. The van der Waals surface area contributed by atoms with Crippen molar-refractivity contribution < 1.29 is 19.1 Å². The Morgan fingerprint density at radius 3 is 2.28 bits per heavy atom. The van der Waals surface area contributed by atoms with Crippen LogP contribution in [0.25, 0.3) is 0 Å². The molecule has 2 amide bonds. The van der Waals surface area contributed by atoms with Crippen molar-refractivity contribution >= 4 is 17.8 Å². The van der Waals surface area contributed by atoms with Crippen LogP contribution in [0.5, 0.6) is 0 Å². The topological polar surface area (TPSA) is 102 Å². The molecule has 0 saturated carbocycles. The number of hydrogen-bond donors (Lipinski definition) is 2. The van der Waals surface area contributed by atoms with Crippen LogP contribution in [-0.2, 0) is 27.4 Å². The van der Waals surface area contributed by atoms with Crippen LogP contribution in [0, 0.1) is 26.7 Å². The second-order valence-corrected chi connectivity index (χ2v) is 9.24. The molecule has 0 aliphatic rings. The molecule has 8 nitrogen and oxygen atoms in total. The summed E-state index contributed by atoms with van der Waals surface area (Å²) in [4.78, 5) is 37.6. The molecule has 0 aliphatic heterocycles. The predicted molar refractivity (Wildman–Crippen MR) is 137 cm³/mol. The minimum atomic E-state index is -0.868. The first kappa shape index (κ1) is 26.7. The van der Waals surface area contributed by atoms with E-state index in [0.717, 1.165) is 28.1 Å². The SMILES string of the molecule is Cc1ccc(C(=O)N[C@H](C(=O)OCC(=O)NCc2c(C)nn(Cc3ccccc3)c2C)C(C)C)cc1. The fourth-order valence-electron chi connectivity index (χ4n) is 3.79. The van der Waals surface area contributed by atoms with Crippen LogP contribution in [-0.4, -0.2) is 40.2 Å². The number of benzene rings is 2. The minimum Gasteiger partial charge on any atom is -0.454 e. The van der Waals surface area contributed by atoms with Gasteiger partial charge in [0.2, 0.25) is 0 Å². The van der Waals surface area contributed by atoms with Crippen LogP contribution in [0.4, 0.5) is 0 Å². The molecule has 0 fully saturated rings. The molecule has 2 aromatic carbocycles. The second-order valence-electron chi connectivity index (χ2n) is 9.24. The number of carbonyl (C=O) groups is 3. The zero-order valence-electron chi connectivity index (χ0n) is 21.5. The number of esters is 1. The fourth-order valence-corrected chi connectivity index (χ4v) is 3.79. The summed E-state index contributed by atoms with van der Waals surface area (Å²) in [6.45, 7) is 9.90. The molecule has 0 saturated heterocycles. The molecule has 0 bridgehead atoms. The Kier molecular flexibility index (Phi) is 9.00. The number of nitrogens with one attached hydrogen (secondary N) is 2. The highest BCUT2D eigenvalue weighted by Gasteiger charge is 2.27. The first-order chi connectivity index (χ1) is 17.2. The Labute approximate surface area is 212 Å². The Morgan fingerprint density at radius 1 is 0.972 bits per heavy atom. The van der Waals surface area contributed by atoms with Gasteiger partial charge in [-0.15, -0.1) is 0 Å². The molecule has 3 rings (SSSR count). The van der Waals surface area contributed by atoms with Crippen molar-refractivity contribution in [3.8, 4) is 0 Å². The number of amides is 2. The summed E-state index contributed by atoms with van der Waals surface area (Å²) in [5.41, 5.74) is 5.35. The lowest BCUT2D eigenvalue weighted by Gasteiger charge is -2.21. The van der Waals surface area contributed by atoms with Gasteiger partial charge in [-0.3, -0.25) is 14.3 Å². The van der Waals surface area contributed by atoms with Crippen LogP contribution >= 0.6 is 0 Å². The van der Waals surface area contributed by atoms with Crippen molar-refractivity contribution in [2.75, 3.05) is 6.61 Å². The molecular formula is C28H34N4O4. The lowest BCUT2D eigenvalue weighted by molar-refractivity contribution is -0.151. The maximum atomic E-state index is 12.6. The molecule has 0 unspecified atom stereocenters. The first-order valence-electron chi connectivity index (χ1n) is 12.0. The van der Waals surface area contributed by atoms with Crippen LogP contribution in [0.2, 0.25) is 0 Å². The van der Waals surface area contributed by atoms with Crippen molar-refractivity contribution in [3.63, 3.8) is 0 Å². The lowest BCUT2D eigenvalue weighted by atomic mass is 10.0. The van der Waals surface area contributed by atoms with Gasteiger partial charge in [0.1, 0.15) is 6.04 Å². The molecule has 0 radical (unpaired) electrons. The van der Waals surface area contributed by atoms with Gasteiger partial charge in [-0.05, 0) is 44.4 Å². The van der Waals surface area contributed by atoms with Crippen molar-refractivity contribution in [2.45, 2.75) is 53.8 Å². The van der Waals surface area contributed by atoms with Crippen LogP contribution in [0.3, 0.4) is 0 Å². The van der Waals surface area contributed by atoms with Gasteiger partial charge >= 0.3 is 5.97 Å². The summed E-state index contributed by atoms with van der Waals surface area (Å²) in [6, 6.07) is 16.2. The average molecular weight is 491 g/mol. The molecule has 1 heterocycles. The standard InChI is InChI=1S/C28H34N4O4/c1-18(2)26(30-27(34)23-13-11-19(3)12-14-23)28(35)36-17-25(33)29-15-24-20(4)31-32(21(24)5)16-22-9-7-6-8-10-22/h6-14,18,26H,15-17H2,1-5H3,(H,29,33)(H,30,34)/t26-/m0/s1. The Morgan fingerprint density at radius 2 is 1.64 bits per heavy atom. The lowest BCUT2D eigenvalue weighted by Crippen LogP contribution is -2.46. The first-order valence-corrected chi connectivity index (χ1v) is 12.0. The number of rotatable bonds is 10. The van der Waals surface area contributed by atoms with Gasteiger partial charge in [-0.2, -0.15) is 5.10 Å². The minimum absolute atomic E-state index is 0.212. The van der Waals surface area contributed by atoms with Crippen molar-refractivity contribution in [1.29, 1.82) is 0 Å². The average Bonchev–Trinajstić information content (AvgIpc) is 3.12. The summed E-state index contributed by atoms with van der Waals surface area (Å²) in [7, 11) is 0. The Hall–Kier alpha value is -3.94. The highest BCUT2D eigenvalue weighted by molar-refractivity contribution is 5.97. The predicted octanol–water partition coefficient (Wildman–Crippen LogP) is 3.47. The van der Waals surface area contributed by atoms with E-state index < -0.39 is 24.5 Å². The van der Waals surface area contributed by atoms with E-state index in [2.05, 4.69) is 15.7 Å². The zero-order chi connectivity index (χ0) is 26.2. The highest BCUT2D eigenvalue weighted by Crippen LogP contribution is 2.15. The molecule has 0 aliphatic carbocycles. The van der Waals surface area contributed by atoms with Crippen molar-refractivity contribution in [1.82, 2.24) is 20.4 Å². The largest absolute Gasteiger partial charge is 0.454 e. The number of aromatic nitrogens is 2. The van der Waals surface area contributed by atoms with Crippen LogP contribution in [0.15, 0.2) is 54.6 Å². The number of ether oxygens (including phenoxy) is 1. The van der Waals surface area contributed by atoms with E-state index >= 15 is 0 Å². The molecule has 190 valence electrons. The van der Waals surface area contributed by atoms with Gasteiger partial charge in [-0.1, -0.05) is 61.9 Å². The van der Waals surface area contributed by atoms with E-state index in [1.54, 1.807) is 26.0 Å². The van der Waals surface area contributed by atoms with Gasteiger partial charge < -0.3 is 15.4 Å². The summed E-state index contributed by atoms with van der Waals surface area (Å²) < 4.78 is 7.14. The quantitative estimate of drug-likeness (QED) is 0.424. The highest BCUT2D eigenvalue weighted by atomic mass is 16.5. The third kappa shape index (κ3) is 7.04. The fraction of sp³-hybridized carbons (Fsp3) is 0.357. The summed E-state index contributed by atoms with van der Waals surface area (Å²) in [6.07, 6.45) is 0.